The molecule has 0 amide bonds. The smallest absolute Gasteiger partial charge is 0.162 e. The quantitative estimate of drug-likeness (QED) is 0.246. The lowest BCUT2D eigenvalue weighted by Gasteiger charge is -2.14. The van der Waals surface area contributed by atoms with E-state index in [0.717, 1.165) is 53.2 Å². The van der Waals surface area contributed by atoms with Crippen molar-refractivity contribution in [2.45, 2.75) is 38.9 Å². The van der Waals surface area contributed by atoms with Crippen LogP contribution >= 0.6 is 23.4 Å². The van der Waals surface area contributed by atoms with Crippen LogP contribution in [0, 0.1) is 0 Å². The van der Waals surface area contributed by atoms with E-state index >= 15 is 0 Å². The van der Waals surface area contributed by atoms with Crippen molar-refractivity contribution in [3.8, 4) is 22.9 Å². The highest BCUT2D eigenvalue weighted by atomic mass is 35.5. The van der Waals surface area contributed by atoms with E-state index in [1.165, 1.54) is 0 Å². The molecular weight excluding hydrogens is 482 g/mol. The lowest BCUT2D eigenvalue weighted by Crippen LogP contribution is -2.13. The summed E-state index contributed by atoms with van der Waals surface area (Å²) in [6.45, 7) is 8.18. The van der Waals surface area contributed by atoms with E-state index in [4.69, 9.17) is 35.8 Å². The maximum absolute atomic E-state index is 6.06. The summed E-state index contributed by atoms with van der Waals surface area (Å²) >= 11 is 7.96. The zero-order valence-electron chi connectivity index (χ0n) is 20.8. The van der Waals surface area contributed by atoms with Crippen LogP contribution in [-0.4, -0.2) is 54.4 Å². The highest BCUT2D eigenvalue weighted by molar-refractivity contribution is 7.99. The van der Waals surface area contributed by atoms with Crippen LogP contribution in [0.15, 0.2) is 49.1 Å². The number of nitrogens with zero attached hydrogens (tertiary/aromatic N) is 2. The number of halogens is 1. The Balaban J connectivity index is 0.00000108. The summed E-state index contributed by atoms with van der Waals surface area (Å²) in [5, 5.41) is 5.06. The van der Waals surface area contributed by atoms with Gasteiger partial charge in [-0.2, -0.15) is 11.8 Å². The Morgan fingerprint density at radius 3 is 2.46 bits per heavy atom. The van der Waals surface area contributed by atoms with Gasteiger partial charge in [0, 0.05) is 40.1 Å². The Labute approximate surface area is 217 Å². The third-order valence-electron chi connectivity index (χ3n) is 5.47. The van der Waals surface area contributed by atoms with E-state index < -0.39 is 0 Å². The predicted molar refractivity (Wildman–Crippen MR) is 148 cm³/mol. The molecule has 2 heterocycles. The topological polar surface area (TPSA) is 65.5 Å². The van der Waals surface area contributed by atoms with Crippen LogP contribution in [-0.2, 0) is 4.74 Å². The molecule has 2 unspecified atom stereocenters. The zero-order chi connectivity index (χ0) is 25.2. The fourth-order valence-corrected chi connectivity index (χ4v) is 4.83. The maximum atomic E-state index is 6.06. The van der Waals surface area contributed by atoms with Crippen molar-refractivity contribution in [1.82, 2.24) is 9.97 Å². The first-order valence-electron chi connectivity index (χ1n) is 11.7. The average molecular weight is 516 g/mol. The van der Waals surface area contributed by atoms with Crippen molar-refractivity contribution in [1.29, 1.82) is 0 Å². The van der Waals surface area contributed by atoms with Crippen LogP contribution in [0.1, 0.15) is 26.7 Å². The van der Waals surface area contributed by atoms with Gasteiger partial charge in [-0.1, -0.05) is 17.7 Å². The minimum Gasteiger partial charge on any atom is -0.493 e. The summed E-state index contributed by atoms with van der Waals surface area (Å²) in [6.07, 6.45) is 4.84. The average Bonchev–Trinajstić information content (AvgIpc) is 3.28. The van der Waals surface area contributed by atoms with Crippen LogP contribution in [0.25, 0.3) is 22.3 Å². The van der Waals surface area contributed by atoms with Crippen LogP contribution < -0.4 is 14.8 Å². The number of hydrogen-bond acceptors (Lipinski definition) is 7. The predicted octanol–water partition coefficient (Wildman–Crippen LogP) is 6.87. The van der Waals surface area contributed by atoms with Crippen molar-refractivity contribution in [2.24, 2.45) is 0 Å². The number of anilines is 1. The largest absolute Gasteiger partial charge is 0.493 e. The van der Waals surface area contributed by atoms with Gasteiger partial charge < -0.3 is 19.5 Å². The molecule has 35 heavy (non-hydrogen) atoms. The van der Waals surface area contributed by atoms with Gasteiger partial charge in [0.2, 0.25) is 0 Å². The van der Waals surface area contributed by atoms with E-state index in [2.05, 4.69) is 18.8 Å². The molecule has 0 bridgehead atoms. The normalized spacial score (nSPS) is 16.9. The van der Waals surface area contributed by atoms with Gasteiger partial charge in [0.15, 0.2) is 17.3 Å². The van der Waals surface area contributed by atoms with Gasteiger partial charge in [-0.15, -0.1) is 6.58 Å². The van der Waals surface area contributed by atoms with Crippen molar-refractivity contribution in [3.63, 3.8) is 0 Å². The van der Waals surface area contributed by atoms with Crippen LogP contribution in [0.3, 0.4) is 0 Å². The monoisotopic (exact) mass is 515 g/mol. The van der Waals surface area contributed by atoms with Gasteiger partial charge in [-0.3, -0.25) is 0 Å². The Hall–Kier alpha value is -2.48. The molecule has 3 aromatic rings. The second kappa shape index (κ2) is 13.6. The minimum absolute atomic E-state index is 0.378. The SMILES string of the molecule is C=CC.COc1cc2nc(-c3ccc(Cl)cc3)nc(NCCSCC3CCC(C)O3)c2cc1OC. The van der Waals surface area contributed by atoms with E-state index in [9.17, 15) is 0 Å². The van der Waals surface area contributed by atoms with E-state index in [1.807, 2.05) is 55.1 Å². The van der Waals surface area contributed by atoms with Crippen molar-refractivity contribution < 1.29 is 14.2 Å². The molecule has 6 nitrogen and oxygen atoms in total. The summed E-state index contributed by atoms with van der Waals surface area (Å²) < 4.78 is 16.9. The number of aromatic nitrogens is 2. The fourth-order valence-electron chi connectivity index (χ4n) is 3.78. The number of fused-ring (bicyclic) bond motifs is 1. The summed E-state index contributed by atoms with van der Waals surface area (Å²) in [7, 11) is 3.25. The molecule has 1 aliphatic rings. The number of benzene rings is 2. The Morgan fingerprint density at radius 2 is 1.83 bits per heavy atom. The first kappa shape index (κ1) is 27.1. The van der Waals surface area contributed by atoms with Gasteiger partial charge >= 0.3 is 0 Å². The number of ether oxygens (including phenoxy) is 3. The standard InChI is InChI=1S/C24H28ClN3O3S.C3H6/c1-15-4-9-18(31-15)14-32-11-10-26-24-19-12-21(29-2)22(30-3)13-20(19)27-23(28-24)16-5-7-17(25)8-6-16;1-3-2/h5-8,12-13,15,18H,4,9-11,14H2,1-3H3,(H,26,27,28);3H,1H2,2H3. The number of nitrogens with one attached hydrogen (secondary N) is 1. The first-order valence-corrected chi connectivity index (χ1v) is 13.3. The molecule has 1 aromatic heterocycles. The number of hydrogen-bond donors (Lipinski definition) is 1. The van der Waals surface area contributed by atoms with Gasteiger partial charge in [0.05, 0.1) is 31.9 Å². The second-order valence-electron chi connectivity index (χ2n) is 8.18. The third-order valence-corrected chi connectivity index (χ3v) is 6.82. The number of thioether (sulfide) groups is 1. The molecule has 4 rings (SSSR count). The lowest BCUT2D eigenvalue weighted by molar-refractivity contribution is 0.0700. The Bertz CT molecular complexity index is 1110. The lowest BCUT2D eigenvalue weighted by atomic mass is 10.1. The van der Waals surface area contributed by atoms with Gasteiger partial charge in [-0.25, -0.2) is 9.97 Å². The molecular formula is C27H34ClN3O3S. The molecule has 2 aromatic carbocycles. The number of methoxy groups -OCH3 is 2. The van der Waals surface area contributed by atoms with Crippen LogP contribution in [0.2, 0.25) is 5.02 Å². The summed E-state index contributed by atoms with van der Waals surface area (Å²) in [5.41, 5.74) is 1.68. The van der Waals surface area contributed by atoms with E-state index in [0.29, 0.717) is 34.6 Å². The molecule has 0 spiro atoms. The van der Waals surface area contributed by atoms with Gasteiger partial charge in [-0.05, 0) is 57.0 Å². The molecule has 0 radical (unpaired) electrons. The third kappa shape index (κ3) is 7.50. The molecule has 1 fully saturated rings. The first-order chi connectivity index (χ1) is 17.0. The molecule has 2 atom stereocenters. The zero-order valence-corrected chi connectivity index (χ0v) is 22.4. The molecule has 0 aliphatic carbocycles. The van der Waals surface area contributed by atoms with Gasteiger partial charge in [0.1, 0.15) is 5.82 Å². The highest BCUT2D eigenvalue weighted by Gasteiger charge is 2.21. The maximum Gasteiger partial charge on any atom is 0.162 e. The van der Waals surface area contributed by atoms with Gasteiger partial charge in [0.25, 0.3) is 0 Å². The molecule has 188 valence electrons. The van der Waals surface area contributed by atoms with E-state index in [1.54, 1.807) is 20.3 Å². The van der Waals surface area contributed by atoms with Crippen molar-refractivity contribution in [3.05, 3.63) is 54.1 Å². The number of rotatable bonds is 9. The highest BCUT2D eigenvalue weighted by Crippen LogP contribution is 2.35. The molecule has 8 heteroatoms. The minimum atomic E-state index is 0.378. The summed E-state index contributed by atoms with van der Waals surface area (Å²) in [4.78, 5) is 9.59. The molecule has 0 saturated carbocycles. The van der Waals surface area contributed by atoms with Crippen molar-refractivity contribution >= 4 is 40.1 Å². The van der Waals surface area contributed by atoms with E-state index in [-0.39, 0.29) is 0 Å². The Morgan fingerprint density at radius 1 is 1.14 bits per heavy atom. The fraction of sp³-hybridized carbons (Fsp3) is 0.407. The Kier molecular flexibility index (Phi) is 10.5. The molecule has 1 aliphatic heterocycles. The second-order valence-corrected chi connectivity index (χ2v) is 9.77. The van der Waals surface area contributed by atoms with Crippen LogP contribution in [0.5, 0.6) is 11.5 Å². The van der Waals surface area contributed by atoms with Crippen molar-refractivity contribution in [2.75, 3.05) is 37.6 Å². The number of allylic oxidation sites excluding steroid dienone is 1. The summed E-state index contributed by atoms with van der Waals surface area (Å²) in [5.74, 6) is 4.67. The molecule has 1 N–H and O–H groups in total. The molecule has 1 saturated heterocycles. The summed E-state index contributed by atoms with van der Waals surface area (Å²) in [6, 6.07) is 11.3. The van der Waals surface area contributed by atoms with Crippen LogP contribution in [0.4, 0.5) is 5.82 Å².